The molecule has 1 aromatic carbocycles. The van der Waals surface area contributed by atoms with Crippen LogP contribution in [-0.4, -0.2) is 5.91 Å². The average molecular weight is 298 g/mol. The standard InChI is InChI=1S/C15H10N2OS2/c16-8-10-2-1-3-11(6-10)9-17-15(18)14-7-13-12(20-14)4-5-19-13/h1-7H,9H2,(H,17,18). The molecule has 20 heavy (non-hydrogen) atoms. The number of carbonyl (C=O) groups excluding carboxylic acids is 1. The molecule has 0 saturated heterocycles. The second-order valence-electron chi connectivity index (χ2n) is 4.25. The summed E-state index contributed by atoms with van der Waals surface area (Å²) in [5.74, 6) is -0.0687. The molecule has 5 heteroatoms. The van der Waals surface area contributed by atoms with Crippen molar-refractivity contribution in [3.05, 3.63) is 57.8 Å². The van der Waals surface area contributed by atoms with Gasteiger partial charge in [-0.1, -0.05) is 12.1 Å². The first-order valence-electron chi connectivity index (χ1n) is 6.00. The molecular formula is C15H10N2OS2. The third-order valence-electron chi connectivity index (χ3n) is 2.87. The van der Waals surface area contributed by atoms with Gasteiger partial charge in [0, 0.05) is 15.9 Å². The fourth-order valence-corrected chi connectivity index (χ4v) is 3.92. The first-order chi connectivity index (χ1) is 9.76. The van der Waals surface area contributed by atoms with Gasteiger partial charge >= 0.3 is 0 Å². The third kappa shape index (κ3) is 2.57. The molecule has 98 valence electrons. The highest BCUT2D eigenvalue weighted by Gasteiger charge is 2.10. The summed E-state index contributed by atoms with van der Waals surface area (Å²) in [5, 5.41) is 13.7. The lowest BCUT2D eigenvalue weighted by atomic mass is 10.1. The van der Waals surface area contributed by atoms with Crippen molar-refractivity contribution in [3.63, 3.8) is 0 Å². The Morgan fingerprint density at radius 3 is 2.95 bits per heavy atom. The van der Waals surface area contributed by atoms with Gasteiger partial charge in [0.25, 0.3) is 5.91 Å². The minimum Gasteiger partial charge on any atom is -0.347 e. The number of thiophene rings is 2. The molecule has 2 heterocycles. The zero-order valence-corrected chi connectivity index (χ0v) is 12.1. The Hall–Kier alpha value is -2.16. The van der Waals surface area contributed by atoms with E-state index in [4.69, 9.17) is 5.26 Å². The number of hydrogen-bond acceptors (Lipinski definition) is 4. The van der Waals surface area contributed by atoms with Crippen molar-refractivity contribution < 1.29 is 4.79 Å². The number of amides is 1. The van der Waals surface area contributed by atoms with E-state index >= 15 is 0 Å². The van der Waals surface area contributed by atoms with E-state index < -0.39 is 0 Å². The maximum absolute atomic E-state index is 12.1. The molecule has 2 aromatic heterocycles. The molecule has 0 spiro atoms. The van der Waals surface area contributed by atoms with Crippen LogP contribution in [0, 0.1) is 11.3 Å². The molecule has 0 fully saturated rings. The quantitative estimate of drug-likeness (QED) is 0.800. The summed E-state index contributed by atoms with van der Waals surface area (Å²) in [7, 11) is 0. The molecule has 0 aliphatic carbocycles. The molecule has 0 atom stereocenters. The van der Waals surface area contributed by atoms with Crippen LogP contribution in [0.25, 0.3) is 9.40 Å². The highest BCUT2D eigenvalue weighted by molar-refractivity contribution is 7.27. The van der Waals surface area contributed by atoms with Crippen LogP contribution >= 0.6 is 22.7 Å². The fraction of sp³-hybridized carbons (Fsp3) is 0.0667. The summed E-state index contributed by atoms with van der Waals surface area (Å²) in [6.07, 6.45) is 0. The van der Waals surface area contributed by atoms with Gasteiger partial charge in [-0.15, -0.1) is 22.7 Å². The van der Waals surface area contributed by atoms with Crippen LogP contribution in [0.4, 0.5) is 0 Å². The molecule has 3 rings (SSSR count). The highest BCUT2D eigenvalue weighted by atomic mass is 32.1. The van der Waals surface area contributed by atoms with Crippen LogP contribution in [0.1, 0.15) is 20.8 Å². The van der Waals surface area contributed by atoms with Gasteiger partial charge in [-0.05, 0) is 35.2 Å². The van der Waals surface area contributed by atoms with Crippen LogP contribution in [0.15, 0.2) is 41.8 Å². The number of nitrogens with one attached hydrogen (secondary N) is 1. The monoisotopic (exact) mass is 298 g/mol. The minimum atomic E-state index is -0.0687. The second-order valence-corrected chi connectivity index (χ2v) is 6.29. The average Bonchev–Trinajstić information content (AvgIpc) is 3.06. The van der Waals surface area contributed by atoms with Crippen LogP contribution < -0.4 is 5.32 Å². The molecular weight excluding hydrogens is 288 g/mol. The Morgan fingerprint density at radius 1 is 1.25 bits per heavy atom. The summed E-state index contributed by atoms with van der Waals surface area (Å²) in [5.41, 5.74) is 1.53. The maximum Gasteiger partial charge on any atom is 0.261 e. The molecule has 0 bridgehead atoms. The number of nitriles is 1. The van der Waals surface area contributed by atoms with Crippen molar-refractivity contribution in [3.8, 4) is 6.07 Å². The Kier molecular flexibility index (Phi) is 3.50. The number of carbonyl (C=O) groups is 1. The van der Waals surface area contributed by atoms with E-state index in [1.165, 1.54) is 11.3 Å². The number of rotatable bonds is 3. The molecule has 1 amide bonds. The SMILES string of the molecule is N#Cc1cccc(CNC(=O)c2cc3sccc3s2)c1. The first kappa shape index (κ1) is 12.9. The zero-order chi connectivity index (χ0) is 13.9. The molecule has 0 saturated carbocycles. The van der Waals surface area contributed by atoms with Crippen molar-refractivity contribution in [2.45, 2.75) is 6.54 Å². The molecule has 3 nitrogen and oxygen atoms in total. The van der Waals surface area contributed by atoms with E-state index in [9.17, 15) is 4.79 Å². The topological polar surface area (TPSA) is 52.9 Å². The minimum absolute atomic E-state index is 0.0687. The predicted octanol–water partition coefficient (Wildman–Crippen LogP) is 3.76. The molecule has 1 N–H and O–H groups in total. The van der Waals surface area contributed by atoms with Crippen LogP contribution in [-0.2, 0) is 6.54 Å². The van der Waals surface area contributed by atoms with Crippen molar-refractivity contribution in [2.24, 2.45) is 0 Å². The van der Waals surface area contributed by atoms with E-state index in [2.05, 4.69) is 11.4 Å². The molecule has 0 unspecified atom stereocenters. The Morgan fingerprint density at radius 2 is 2.15 bits per heavy atom. The van der Waals surface area contributed by atoms with E-state index in [1.807, 2.05) is 29.6 Å². The van der Waals surface area contributed by atoms with Gasteiger partial charge in [0.15, 0.2) is 0 Å². The lowest BCUT2D eigenvalue weighted by molar-refractivity contribution is 0.0955. The van der Waals surface area contributed by atoms with Crippen LogP contribution in [0.2, 0.25) is 0 Å². The van der Waals surface area contributed by atoms with E-state index in [0.29, 0.717) is 12.1 Å². The third-order valence-corrected chi connectivity index (χ3v) is 4.96. The summed E-state index contributed by atoms with van der Waals surface area (Å²) in [6, 6.07) is 13.3. The van der Waals surface area contributed by atoms with Gasteiger partial charge in [0.2, 0.25) is 0 Å². The number of benzene rings is 1. The molecule has 0 aliphatic rings. The Labute approximate surface area is 124 Å². The lowest BCUT2D eigenvalue weighted by Crippen LogP contribution is -2.21. The Bertz CT molecular complexity index is 782. The normalized spacial score (nSPS) is 10.3. The predicted molar refractivity (Wildman–Crippen MR) is 82.0 cm³/mol. The zero-order valence-electron chi connectivity index (χ0n) is 10.4. The number of nitrogens with zero attached hydrogens (tertiary/aromatic N) is 1. The van der Waals surface area contributed by atoms with Gasteiger partial charge in [-0.2, -0.15) is 5.26 Å². The highest BCUT2D eigenvalue weighted by Crippen LogP contribution is 2.29. The van der Waals surface area contributed by atoms with Gasteiger partial charge in [-0.3, -0.25) is 4.79 Å². The summed E-state index contributed by atoms with van der Waals surface area (Å²) < 4.78 is 2.29. The van der Waals surface area contributed by atoms with E-state index in [1.54, 1.807) is 23.5 Å². The van der Waals surface area contributed by atoms with Gasteiger partial charge in [-0.25, -0.2) is 0 Å². The molecule has 3 aromatic rings. The first-order valence-corrected chi connectivity index (χ1v) is 7.70. The smallest absolute Gasteiger partial charge is 0.261 e. The van der Waals surface area contributed by atoms with E-state index in [0.717, 1.165) is 19.8 Å². The second kappa shape index (κ2) is 5.45. The van der Waals surface area contributed by atoms with Crippen LogP contribution in [0.3, 0.4) is 0 Å². The summed E-state index contributed by atoms with van der Waals surface area (Å²) >= 11 is 3.14. The van der Waals surface area contributed by atoms with Crippen LogP contribution in [0.5, 0.6) is 0 Å². The van der Waals surface area contributed by atoms with E-state index in [-0.39, 0.29) is 5.91 Å². The summed E-state index contributed by atoms with van der Waals surface area (Å²) in [4.78, 5) is 12.8. The van der Waals surface area contributed by atoms with Gasteiger partial charge < -0.3 is 5.32 Å². The largest absolute Gasteiger partial charge is 0.347 e. The Balaban J connectivity index is 1.70. The number of hydrogen-bond donors (Lipinski definition) is 1. The summed E-state index contributed by atoms with van der Waals surface area (Å²) in [6.45, 7) is 0.430. The number of fused-ring (bicyclic) bond motifs is 1. The van der Waals surface area contributed by atoms with Crippen molar-refractivity contribution >= 4 is 38.0 Å². The van der Waals surface area contributed by atoms with Gasteiger partial charge in [0.05, 0.1) is 16.5 Å². The lowest BCUT2D eigenvalue weighted by Gasteiger charge is -2.03. The van der Waals surface area contributed by atoms with Crippen molar-refractivity contribution in [2.75, 3.05) is 0 Å². The molecule has 0 radical (unpaired) electrons. The van der Waals surface area contributed by atoms with Crippen molar-refractivity contribution in [1.29, 1.82) is 5.26 Å². The van der Waals surface area contributed by atoms with Crippen molar-refractivity contribution in [1.82, 2.24) is 5.32 Å². The fourth-order valence-electron chi connectivity index (χ4n) is 1.90. The maximum atomic E-state index is 12.1. The molecule has 0 aliphatic heterocycles. The van der Waals surface area contributed by atoms with Gasteiger partial charge in [0.1, 0.15) is 0 Å².